The molecule has 0 N–H and O–H groups in total. The fourth-order valence-electron chi connectivity index (χ4n) is 2.84. The highest BCUT2D eigenvalue weighted by Gasteiger charge is 2.39. The van der Waals surface area contributed by atoms with E-state index in [2.05, 4.69) is 52.8 Å². The van der Waals surface area contributed by atoms with E-state index in [1.807, 2.05) is 0 Å². The molecular formula is C17H38O4Si3. The van der Waals surface area contributed by atoms with Crippen molar-refractivity contribution in [2.45, 2.75) is 84.5 Å². The monoisotopic (exact) mass is 390 g/mol. The quantitative estimate of drug-likeness (QED) is 0.193. The highest BCUT2D eigenvalue weighted by Crippen LogP contribution is 2.26. The van der Waals surface area contributed by atoms with Crippen LogP contribution in [0.3, 0.4) is 0 Å². The Balaban J connectivity index is 4.39. The van der Waals surface area contributed by atoms with Crippen molar-refractivity contribution in [2.24, 2.45) is 0 Å². The molecule has 0 spiro atoms. The first-order chi connectivity index (χ1) is 10.8. The number of rotatable bonds is 12. The molecule has 0 aromatic heterocycles. The lowest BCUT2D eigenvalue weighted by atomic mass is 10.4. The van der Waals surface area contributed by atoms with Crippen LogP contribution < -0.4 is 0 Å². The summed E-state index contributed by atoms with van der Waals surface area (Å²) in [6, 6.07) is 2.16. The van der Waals surface area contributed by atoms with Gasteiger partial charge >= 0.3 is 14.5 Å². The van der Waals surface area contributed by atoms with Gasteiger partial charge in [-0.1, -0.05) is 26.3 Å². The molecule has 0 heterocycles. The lowest BCUT2D eigenvalue weighted by Crippen LogP contribution is -2.52. The van der Waals surface area contributed by atoms with Crippen LogP contribution in [0, 0.1) is 0 Å². The molecule has 0 aromatic rings. The average Bonchev–Trinajstić information content (AvgIpc) is 2.38. The minimum atomic E-state index is -2.12. The zero-order valence-electron chi connectivity index (χ0n) is 17.1. The average molecular weight is 391 g/mol. The number of carbonyl (C=O) groups is 1. The molecule has 0 saturated carbocycles. The summed E-state index contributed by atoms with van der Waals surface area (Å²) in [5, 5.41) is 0. The van der Waals surface area contributed by atoms with Crippen molar-refractivity contribution >= 4 is 31.2 Å². The summed E-state index contributed by atoms with van der Waals surface area (Å²) in [4.78, 5) is 11.4. The summed E-state index contributed by atoms with van der Waals surface area (Å²) in [5.74, 6) is -0.308. The van der Waals surface area contributed by atoms with E-state index in [9.17, 15) is 4.79 Å². The van der Waals surface area contributed by atoms with Crippen molar-refractivity contribution in [3.05, 3.63) is 12.2 Å². The Morgan fingerprint density at radius 2 is 1.38 bits per heavy atom. The number of carbonyl (C=O) groups excluding carboxylic acids is 1. The molecule has 0 aromatic carbocycles. The predicted molar refractivity (Wildman–Crippen MR) is 110 cm³/mol. The molecular weight excluding hydrogens is 352 g/mol. The standard InChI is InChI=1S/C17H38O4Si3/c1-10-11-14-22(4,5)20-24(8,9)21-23(6,7)15-12-13-19-17(18)16(2)3/h2,10-15H2,1,3-9H3. The van der Waals surface area contributed by atoms with E-state index in [-0.39, 0.29) is 5.97 Å². The highest BCUT2D eigenvalue weighted by molar-refractivity contribution is 6.87. The molecule has 0 aliphatic carbocycles. The molecule has 0 bridgehead atoms. The lowest BCUT2D eigenvalue weighted by Gasteiger charge is -2.38. The Morgan fingerprint density at radius 3 is 1.79 bits per heavy atom. The molecule has 0 unspecified atom stereocenters. The Labute approximate surface area is 152 Å². The molecule has 7 heteroatoms. The van der Waals surface area contributed by atoms with Gasteiger partial charge in [0.25, 0.3) is 0 Å². The molecule has 0 aliphatic rings. The molecule has 0 fully saturated rings. The molecule has 0 atom stereocenters. The predicted octanol–water partition coefficient (Wildman–Crippen LogP) is 5.44. The summed E-state index contributed by atoms with van der Waals surface area (Å²) in [6.45, 7) is 21.3. The van der Waals surface area contributed by atoms with E-state index in [1.165, 1.54) is 18.9 Å². The summed E-state index contributed by atoms with van der Waals surface area (Å²) in [5.41, 5.74) is 0.448. The van der Waals surface area contributed by atoms with Crippen LogP contribution >= 0.6 is 0 Å². The van der Waals surface area contributed by atoms with Crippen LogP contribution in [0.15, 0.2) is 12.2 Å². The largest absolute Gasteiger partial charge is 0.462 e. The van der Waals surface area contributed by atoms with E-state index in [0.717, 1.165) is 12.5 Å². The van der Waals surface area contributed by atoms with Gasteiger partial charge in [0, 0.05) is 5.57 Å². The summed E-state index contributed by atoms with van der Waals surface area (Å²) >= 11 is 0. The van der Waals surface area contributed by atoms with E-state index >= 15 is 0 Å². The smallest absolute Gasteiger partial charge is 0.333 e. The number of unbranched alkanes of at least 4 members (excludes halogenated alkanes) is 1. The summed E-state index contributed by atoms with van der Waals surface area (Å²) in [6.07, 6.45) is 3.28. The Hall–Kier alpha value is -0.219. The van der Waals surface area contributed by atoms with Crippen LogP contribution in [-0.4, -0.2) is 37.8 Å². The number of hydrogen-bond donors (Lipinski definition) is 0. The Bertz CT molecular complexity index is 420. The van der Waals surface area contributed by atoms with Crippen LogP contribution in [0.25, 0.3) is 0 Å². The SMILES string of the molecule is C=C(C)C(=O)OCCC[Si](C)(C)O[Si](C)(C)O[Si](C)(C)CCCC. The highest BCUT2D eigenvalue weighted by atomic mass is 28.5. The van der Waals surface area contributed by atoms with Gasteiger partial charge in [-0.05, 0) is 64.7 Å². The minimum Gasteiger partial charge on any atom is -0.462 e. The second kappa shape index (κ2) is 10.1. The fourth-order valence-corrected chi connectivity index (χ4v) is 17.0. The second-order valence-electron chi connectivity index (χ2n) is 8.25. The van der Waals surface area contributed by atoms with E-state index in [0.29, 0.717) is 12.2 Å². The van der Waals surface area contributed by atoms with Crippen molar-refractivity contribution in [3.63, 3.8) is 0 Å². The van der Waals surface area contributed by atoms with Crippen LogP contribution in [0.5, 0.6) is 0 Å². The van der Waals surface area contributed by atoms with E-state index in [4.69, 9.17) is 13.0 Å². The Morgan fingerprint density at radius 1 is 0.917 bits per heavy atom. The number of ether oxygens (including phenoxy) is 1. The topological polar surface area (TPSA) is 44.8 Å². The van der Waals surface area contributed by atoms with Gasteiger partial charge in [0.05, 0.1) is 6.61 Å². The molecule has 142 valence electrons. The van der Waals surface area contributed by atoms with Crippen molar-refractivity contribution in [3.8, 4) is 0 Å². The van der Waals surface area contributed by atoms with Gasteiger partial charge in [0.2, 0.25) is 0 Å². The normalized spacial score (nSPS) is 13.0. The van der Waals surface area contributed by atoms with Gasteiger partial charge in [-0.25, -0.2) is 4.79 Å². The van der Waals surface area contributed by atoms with Crippen molar-refractivity contribution in [2.75, 3.05) is 6.61 Å². The van der Waals surface area contributed by atoms with E-state index in [1.54, 1.807) is 6.92 Å². The fraction of sp³-hybridized carbons (Fsp3) is 0.824. The molecule has 0 rings (SSSR count). The first kappa shape index (κ1) is 23.8. The summed E-state index contributed by atoms with van der Waals surface area (Å²) in [7, 11) is -5.59. The zero-order valence-corrected chi connectivity index (χ0v) is 20.1. The maximum absolute atomic E-state index is 11.4. The zero-order chi connectivity index (χ0) is 19.0. The third-order valence-electron chi connectivity index (χ3n) is 3.68. The first-order valence-electron chi connectivity index (χ1n) is 9.03. The van der Waals surface area contributed by atoms with Gasteiger partial charge < -0.3 is 13.0 Å². The molecule has 24 heavy (non-hydrogen) atoms. The van der Waals surface area contributed by atoms with Gasteiger partial charge in [-0.15, -0.1) is 0 Å². The molecule has 0 aliphatic heterocycles. The van der Waals surface area contributed by atoms with Crippen LogP contribution in [0.1, 0.15) is 33.1 Å². The minimum absolute atomic E-state index is 0.308. The van der Waals surface area contributed by atoms with Crippen molar-refractivity contribution in [1.29, 1.82) is 0 Å². The van der Waals surface area contributed by atoms with Gasteiger partial charge in [0.15, 0.2) is 16.6 Å². The maximum atomic E-state index is 11.4. The third kappa shape index (κ3) is 11.4. The maximum Gasteiger partial charge on any atom is 0.333 e. The Kier molecular flexibility index (Phi) is 9.97. The number of hydrogen-bond acceptors (Lipinski definition) is 4. The lowest BCUT2D eigenvalue weighted by molar-refractivity contribution is -0.138. The van der Waals surface area contributed by atoms with Crippen LogP contribution in [-0.2, 0) is 17.8 Å². The molecule has 0 saturated heterocycles. The third-order valence-corrected chi connectivity index (χ3v) is 15.2. The van der Waals surface area contributed by atoms with Crippen molar-refractivity contribution < 1.29 is 17.8 Å². The van der Waals surface area contributed by atoms with Crippen LogP contribution in [0.4, 0.5) is 0 Å². The second-order valence-corrected chi connectivity index (χ2v) is 20.7. The molecule has 0 amide bonds. The van der Waals surface area contributed by atoms with Gasteiger partial charge in [-0.2, -0.15) is 0 Å². The van der Waals surface area contributed by atoms with Crippen molar-refractivity contribution in [1.82, 2.24) is 0 Å². The first-order valence-corrected chi connectivity index (χ1v) is 18.1. The van der Waals surface area contributed by atoms with Crippen LogP contribution in [0.2, 0.25) is 51.4 Å². The molecule has 4 nitrogen and oxygen atoms in total. The van der Waals surface area contributed by atoms with Gasteiger partial charge in [-0.3, -0.25) is 0 Å². The summed E-state index contributed by atoms with van der Waals surface area (Å²) < 4.78 is 18.2. The van der Waals surface area contributed by atoms with Gasteiger partial charge in [0.1, 0.15) is 0 Å². The molecule has 0 radical (unpaired) electrons. The van der Waals surface area contributed by atoms with E-state index < -0.39 is 25.2 Å². The number of esters is 1.